The summed E-state index contributed by atoms with van der Waals surface area (Å²) in [6, 6.07) is 0. The Morgan fingerprint density at radius 1 is 1.41 bits per heavy atom. The Balaban J connectivity index is 2.09. The van der Waals surface area contributed by atoms with Gasteiger partial charge < -0.3 is 5.32 Å². The van der Waals surface area contributed by atoms with Crippen LogP contribution < -0.4 is 5.32 Å². The van der Waals surface area contributed by atoms with Crippen LogP contribution in [0.15, 0.2) is 11.7 Å². The molecule has 2 aromatic heterocycles. The van der Waals surface area contributed by atoms with Crippen LogP contribution in [-0.2, 0) is 13.0 Å². The van der Waals surface area contributed by atoms with Gasteiger partial charge in [0.05, 0.1) is 12.2 Å². The third-order valence-corrected chi connectivity index (χ3v) is 3.24. The van der Waals surface area contributed by atoms with E-state index in [1.54, 1.807) is 11.3 Å². The maximum atomic E-state index is 13.8. The molecule has 0 radical (unpaired) electrons. The fourth-order valence-electron chi connectivity index (χ4n) is 1.42. The fraction of sp³-hybridized carbons (Fsp3) is 0.364. The molecule has 0 aromatic carbocycles. The molecule has 0 bridgehead atoms. The van der Waals surface area contributed by atoms with Gasteiger partial charge in [-0.15, -0.1) is 11.3 Å². The van der Waals surface area contributed by atoms with Crippen molar-refractivity contribution >= 4 is 17.2 Å². The van der Waals surface area contributed by atoms with Gasteiger partial charge in [0, 0.05) is 11.1 Å². The molecule has 2 rings (SSSR count). The van der Waals surface area contributed by atoms with E-state index < -0.39 is 0 Å². The van der Waals surface area contributed by atoms with Gasteiger partial charge in [-0.25, -0.2) is 19.3 Å². The van der Waals surface area contributed by atoms with E-state index in [0.29, 0.717) is 18.7 Å². The second-order valence-electron chi connectivity index (χ2n) is 3.57. The molecule has 0 aliphatic rings. The van der Waals surface area contributed by atoms with Gasteiger partial charge in [-0.05, 0) is 13.3 Å². The second-order valence-corrected chi connectivity index (χ2v) is 4.52. The molecule has 1 N–H and O–H groups in total. The van der Waals surface area contributed by atoms with Crippen molar-refractivity contribution in [2.45, 2.75) is 26.8 Å². The van der Waals surface area contributed by atoms with Gasteiger partial charge in [0.25, 0.3) is 0 Å². The van der Waals surface area contributed by atoms with E-state index in [1.165, 1.54) is 6.33 Å². The van der Waals surface area contributed by atoms with Crippen LogP contribution in [0.25, 0.3) is 0 Å². The number of hydrogen-bond donors (Lipinski definition) is 1. The lowest BCUT2D eigenvalue weighted by Crippen LogP contribution is -2.06. The number of hydrogen-bond acceptors (Lipinski definition) is 5. The fourth-order valence-corrected chi connectivity index (χ4v) is 2.13. The lowest BCUT2D eigenvalue weighted by atomic mass is 10.3. The maximum Gasteiger partial charge on any atom is 0.186 e. The minimum atomic E-state index is -0.372. The van der Waals surface area contributed by atoms with Crippen molar-refractivity contribution in [3.05, 3.63) is 33.9 Å². The molecule has 0 saturated heterocycles. The minimum absolute atomic E-state index is 0.240. The molecule has 2 heterocycles. The number of nitrogens with zero attached hydrogens (tertiary/aromatic N) is 3. The van der Waals surface area contributed by atoms with Crippen LogP contribution in [0.2, 0.25) is 0 Å². The quantitative estimate of drug-likeness (QED) is 0.908. The monoisotopic (exact) mass is 252 g/mol. The zero-order valence-corrected chi connectivity index (χ0v) is 10.5. The van der Waals surface area contributed by atoms with Gasteiger partial charge in [0.2, 0.25) is 0 Å². The van der Waals surface area contributed by atoms with Crippen LogP contribution in [0.4, 0.5) is 10.2 Å². The van der Waals surface area contributed by atoms with Crippen molar-refractivity contribution in [2.24, 2.45) is 0 Å². The lowest BCUT2D eigenvalue weighted by molar-refractivity contribution is 0.596. The Bertz CT molecular complexity index is 512. The molecule has 0 fully saturated rings. The molecule has 17 heavy (non-hydrogen) atoms. The van der Waals surface area contributed by atoms with Crippen molar-refractivity contribution in [1.29, 1.82) is 0 Å². The van der Waals surface area contributed by atoms with E-state index in [4.69, 9.17) is 0 Å². The number of aryl methyl sites for hydroxylation is 2. The molecule has 0 atom stereocenters. The molecule has 4 nitrogen and oxygen atoms in total. The Morgan fingerprint density at radius 3 is 2.88 bits per heavy atom. The molecule has 0 aliphatic heterocycles. The van der Waals surface area contributed by atoms with Crippen LogP contribution in [0.1, 0.15) is 23.3 Å². The van der Waals surface area contributed by atoms with Crippen LogP contribution in [0.3, 0.4) is 0 Å². The van der Waals surface area contributed by atoms with Crippen molar-refractivity contribution in [2.75, 3.05) is 5.32 Å². The third kappa shape index (κ3) is 2.76. The van der Waals surface area contributed by atoms with E-state index in [-0.39, 0.29) is 11.6 Å². The zero-order chi connectivity index (χ0) is 12.3. The number of nitrogens with one attached hydrogen (secondary N) is 1. The first-order valence-electron chi connectivity index (χ1n) is 5.35. The average Bonchev–Trinajstić information content (AvgIpc) is 2.74. The van der Waals surface area contributed by atoms with E-state index in [2.05, 4.69) is 20.3 Å². The summed E-state index contributed by atoms with van der Waals surface area (Å²) in [5, 5.41) is 5.82. The minimum Gasteiger partial charge on any atom is -0.361 e. The number of anilines is 1. The summed E-state index contributed by atoms with van der Waals surface area (Å²) in [7, 11) is 0. The summed E-state index contributed by atoms with van der Waals surface area (Å²) in [6.07, 6.45) is 1.93. The lowest BCUT2D eigenvalue weighted by Gasteiger charge is -2.06. The topological polar surface area (TPSA) is 50.7 Å². The van der Waals surface area contributed by atoms with Crippen LogP contribution in [0, 0.1) is 12.7 Å². The Kier molecular flexibility index (Phi) is 3.63. The van der Waals surface area contributed by atoms with Crippen LogP contribution >= 0.6 is 11.3 Å². The molecule has 0 unspecified atom stereocenters. The molecule has 0 saturated carbocycles. The molecular weight excluding hydrogens is 239 g/mol. The summed E-state index contributed by atoms with van der Waals surface area (Å²) in [6.45, 7) is 4.27. The highest BCUT2D eigenvalue weighted by Crippen LogP contribution is 2.15. The molecule has 0 amide bonds. The molecule has 6 heteroatoms. The second kappa shape index (κ2) is 5.18. The Labute approximate surface area is 103 Å². The predicted octanol–water partition coefficient (Wildman–Crippen LogP) is 2.56. The summed E-state index contributed by atoms with van der Waals surface area (Å²) in [5.41, 5.74) is 1.40. The summed E-state index contributed by atoms with van der Waals surface area (Å²) in [5.74, 6) is -0.131. The van der Waals surface area contributed by atoms with E-state index >= 15 is 0 Å². The van der Waals surface area contributed by atoms with Gasteiger partial charge in [0.1, 0.15) is 11.3 Å². The number of thiazole rings is 1. The molecule has 90 valence electrons. The average molecular weight is 252 g/mol. The molecule has 0 aliphatic carbocycles. The summed E-state index contributed by atoms with van der Waals surface area (Å²) in [4.78, 5) is 12.1. The van der Waals surface area contributed by atoms with Gasteiger partial charge in [-0.2, -0.15) is 0 Å². The summed E-state index contributed by atoms with van der Waals surface area (Å²) < 4.78 is 13.8. The highest BCUT2D eigenvalue weighted by atomic mass is 32.1. The maximum absolute atomic E-state index is 13.8. The van der Waals surface area contributed by atoms with Crippen molar-refractivity contribution in [3.8, 4) is 0 Å². The third-order valence-electron chi connectivity index (χ3n) is 2.27. The highest BCUT2D eigenvalue weighted by Gasteiger charge is 2.09. The largest absolute Gasteiger partial charge is 0.361 e. The first-order valence-corrected chi connectivity index (χ1v) is 6.23. The Morgan fingerprint density at radius 2 is 2.24 bits per heavy atom. The first kappa shape index (κ1) is 11.9. The van der Waals surface area contributed by atoms with Gasteiger partial charge in [0.15, 0.2) is 11.6 Å². The van der Waals surface area contributed by atoms with Gasteiger partial charge in [-0.1, -0.05) is 6.92 Å². The number of rotatable bonds is 4. The van der Waals surface area contributed by atoms with E-state index in [0.717, 1.165) is 10.7 Å². The standard InChI is InChI=1S/C11H13FN4S/c1-3-8-10(12)11(15-6-14-8)13-4-9-16-7(2)5-17-9/h5-6H,3-4H2,1-2H3,(H,13,14,15). The number of halogens is 1. The van der Waals surface area contributed by atoms with Gasteiger partial charge >= 0.3 is 0 Å². The van der Waals surface area contributed by atoms with Crippen molar-refractivity contribution in [1.82, 2.24) is 15.0 Å². The smallest absolute Gasteiger partial charge is 0.186 e. The Hall–Kier alpha value is -1.56. The van der Waals surface area contributed by atoms with Crippen molar-refractivity contribution < 1.29 is 4.39 Å². The molecular formula is C11H13FN4S. The zero-order valence-electron chi connectivity index (χ0n) is 9.70. The van der Waals surface area contributed by atoms with Crippen molar-refractivity contribution in [3.63, 3.8) is 0 Å². The normalized spacial score (nSPS) is 10.5. The number of aromatic nitrogens is 3. The SMILES string of the molecule is CCc1ncnc(NCc2nc(C)cs2)c1F. The summed E-state index contributed by atoms with van der Waals surface area (Å²) >= 11 is 1.55. The first-order chi connectivity index (χ1) is 8.20. The van der Waals surface area contributed by atoms with E-state index in [1.807, 2.05) is 19.2 Å². The molecule has 2 aromatic rings. The van der Waals surface area contributed by atoms with E-state index in [9.17, 15) is 4.39 Å². The van der Waals surface area contributed by atoms with Crippen LogP contribution in [0.5, 0.6) is 0 Å². The molecule has 0 spiro atoms. The van der Waals surface area contributed by atoms with Gasteiger partial charge in [-0.3, -0.25) is 0 Å². The van der Waals surface area contributed by atoms with Crippen LogP contribution in [-0.4, -0.2) is 15.0 Å². The highest BCUT2D eigenvalue weighted by molar-refractivity contribution is 7.09. The predicted molar refractivity (Wildman–Crippen MR) is 65.5 cm³/mol.